The van der Waals surface area contributed by atoms with Gasteiger partial charge in [0.25, 0.3) is 0 Å². The molecule has 1 aliphatic heterocycles. The van der Waals surface area contributed by atoms with Gasteiger partial charge in [-0.25, -0.2) is 4.98 Å². The first-order chi connectivity index (χ1) is 5.90. The monoisotopic (exact) mass is 187 g/mol. The Kier molecular flexibility index (Phi) is 2.36. The zero-order valence-corrected chi connectivity index (χ0v) is 7.21. The van der Waals surface area contributed by atoms with Crippen molar-refractivity contribution in [2.75, 3.05) is 13.2 Å². The van der Waals surface area contributed by atoms with Crippen LogP contribution in [0.15, 0.2) is 5.38 Å². The number of hydrogen-bond donors (Lipinski definition) is 1. The van der Waals surface area contributed by atoms with Crippen LogP contribution in [0.5, 0.6) is 0 Å². The van der Waals surface area contributed by atoms with Crippen LogP contribution in [0, 0.1) is 0 Å². The number of thiazole rings is 1. The molecule has 5 heteroatoms. The van der Waals surface area contributed by atoms with E-state index in [-0.39, 0.29) is 12.9 Å². The van der Waals surface area contributed by atoms with Gasteiger partial charge in [-0.2, -0.15) is 0 Å². The van der Waals surface area contributed by atoms with Gasteiger partial charge in [-0.3, -0.25) is 0 Å². The molecule has 1 aromatic rings. The average Bonchev–Trinajstić information content (AvgIpc) is 2.75. The molecule has 0 aromatic carbocycles. The zero-order valence-electron chi connectivity index (χ0n) is 6.40. The van der Waals surface area contributed by atoms with E-state index in [1.54, 1.807) is 0 Å². The van der Waals surface area contributed by atoms with Crippen molar-refractivity contribution in [3.05, 3.63) is 16.1 Å². The topological polar surface area (TPSA) is 51.6 Å². The van der Waals surface area contributed by atoms with Gasteiger partial charge in [0.1, 0.15) is 10.7 Å². The first-order valence-electron chi connectivity index (χ1n) is 3.68. The van der Waals surface area contributed by atoms with Crippen molar-refractivity contribution in [3.8, 4) is 0 Å². The zero-order chi connectivity index (χ0) is 8.39. The summed E-state index contributed by atoms with van der Waals surface area (Å²) < 4.78 is 10.5. The molecular formula is C7H9NO3S. The molecular weight excluding hydrogens is 178 g/mol. The molecule has 1 fully saturated rings. The van der Waals surface area contributed by atoms with Crippen LogP contribution in [-0.4, -0.2) is 23.3 Å². The van der Waals surface area contributed by atoms with Crippen molar-refractivity contribution >= 4 is 11.3 Å². The summed E-state index contributed by atoms with van der Waals surface area (Å²) in [7, 11) is 0. The lowest BCUT2D eigenvalue weighted by Crippen LogP contribution is -1.98. The van der Waals surface area contributed by atoms with Gasteiger partial charge in [-0.05, 0) is 0 Å². The van der Waals surface area contributed by atoms with E-state index >= 15 is 0 Å². The van der Waals surface area contributed by atoms with Gasteiger partial charge in [-0.15, -0.1) is 11.3 Å². The maximum atomic E-state index is 8.76. The lowest BCUT2D eigenvalue weighted by Gasteiger charge is -2.03. The molecule has 0 bridgehead atoms. The highest BCUT2D eigenvalue weighted by Gasteiger charge is 2.20. The van der Waals surface area contributed by atoms with Crippen LogP contribution in [0.25, 0.3) is 0 Å². The molecule has 1 aromatic heterocycles. The molecule has 1 saturated heterocycles. The number of aliphatic hydroxyl groups excluding tert-OH is 1. The highest BCUT2D eigenvalue weighted by molar-refractivity contribution is 7.09. The maximum Gasteiger partial charge on any atom is 0.202 e. The minimum Gasteiger partial charge on any atom is -0.389 e. The van der Waals surface area contributed by atoms with Crippen LogP contribution in [0.2, 0.25) is 0 Å². The number of aliphatic hydroxyl groups is 1. The smallest absolute Gasteiger partial charge is 0.202 e. The molecule has 0 radical (unpaired) electrons. The second-order valence-electron chi connectivity index (χ2n) is 2.40. The van der Waals surface area contributed by atoms with Crippen LogP contribution >= 0.6 is 11.3 Å². The SMILES string of the molecule is OCc1nc(C2OCCO2)cs1. The van der Waals surface area contributed by atoms with Crippen LogP contribution in [0.1, 0.15) is 17.0 Å². The highest BCUT2D eigenvalue weighted by Crippen LogP contribution is 2.24. The molecule has 4 nitrogen and oxygen atoms in total. The van der Waals surface area contributed by atoms with Crippen molar-refractivity contribution < 1.29 is 14.6 Å². The van der Waals surface area contributed by atoms with E-state index in [4.69, 9.17) is 14.6 Å². The Morgan fingerprint density at radius 1 is 1.58 bits per heavy atom. The van der Waals surface area contributed by atoms with Crippen molar-refractivity contribution in [3.63, 3.8) is 0 Å². The van der Waals surface area contributed by atoms with Gasteiger partial charge >= 0.3 is 0 Å². The first kappa shape index (κ1) is 8.12. The Morgan fingerprint density at radius 3 is 2.92 bits per heavy atom. The van der Waals surface area contributed by atoms with Crippen LogP contribution in [-0.2, 0) is 16.1 Å². The largest absolute Gasteiger partial charge is 0.389 e. The molecule has 1 N–H and O–H groups in total. The Morgan fingerprint density at radius 2 is 2.33 bits per heavy atom. The van der Waals surface area contributed by atoms with Gasteiger partial charge < -0.3 is 14.6 Å². The number of hydrogen-bond acceptors (Lipinski definition) is 5. The molecule has 1 aliphatic rings. The molecule has 2 rings (SSSR count). The summed E-state index contributed by atoms with van der Waals surface area (Å²) >= 11 is 1.42. The fourth-order valence-corrected chi connectivity index (χ4v) is 1.69. The van der Waals surface area contributed by atoms with Crippen molar-refractivity contribution in [1.29, 1.82) is 0 Å². The summed E-state index contributed by atoms with van der Waals surface area (Å²) in [5.74, 6) is 0. The second kappa shape index (κ2) is 3.49. The van der Waals surface area contributed by atoms with Crippen LogP contribution in [0.3, 0.4) is 0 Å². The van der Waals surface area contributed by atoms with E-state index < -0.39 is 0 Å². The highest BCUT2D eigenvalue weighted by atomic mass is 32.1. The molecule has 0 amide bonds. The molecule has 12 heavy (non-hydrogen) atoms. The number of aromatic nitrogens is 1. The fraction of sp³-hybridized carbons (Fsp3) is 0.571. The van der Waals surface area contributed by atoms with Gasteiger partial charge in [0.15, 0.2) is 0 Å². The summed E-state index contributed by atoms with van der Waals surface area (Å²) in [5.41, 5.74) is 0.765. The van der Waals surface area contributed by atoms with Crippen molar-refractivity contribution in [1.82, 2.24) is 4.98 Å². The molecule has 0 atom stereocenters. The third-order valence-corrected chi connectivity index (χ3v) is 2.42. The second-order valence-corrected chi connectivity index (χ2v) is 3.34. The van der Waals surface area contributed by atoms with Gasteiger partial charge in [0.2, 0.25) is 6.29 Å². The van der Waals surface area contributed by atoms with Gasteiger partial charge in [0.05, 0.1) is 19.8 Å². The lowest BCUT2D eigenvalue weighted by molar-refractivity contribution is -0.0470. The van der Waals surface area contributed by atoms with E-state index in [2.05, 4.69) is 4.98 Å². The first-order valence-corrected chi connectivity index (χ1v) is 4.56. The third-order valence-electron chi connectivity index (χ3n) is 1.57. The van der Waals surface area contributed by atoms with Gasteiger partial charge in [-0.1, -0.05) is 0 Å². The molecule has 66 valence electrons. The third kappa shape index (κ3) is 1.49. The molecule has 0 saturated carbocycles. The van der Waals surface area contributed by atoms with Gasteiger partial charge in [0, 0.05) is 5.38 Å². The quantitative estimate of drug-likeness (QED) is 0.739. The summed E-state index contributed by atoms with van der Waals surface area (Å²) in [4.78, 5) is 4.13. The average molecular weight is 187 g/mol. The van der Waals surface area contributed by atoms with Crippen molar-refractivity contribution in [2.24, 2.45) is 0 Å². The summed E-state index contributed by atoms with van der Waals surface area (Å²) in [5, 5.41) is 11.3. The standard InChI is InChI=1S/C7H9NO3S/c9-3-6-8-5(4-12-6)7-10-1-2-11-7/h4,7,9H,1-3H2. The van der Waals surface area contributed by atoms with E-state index in [0.29, 0.717) is 18.2 Å². The normalized spacial score (nSPS) is 18.8. The summed E-state index contributed by atoms with van der Waals surface area (Å²) in [6, 6.07) is 0. The molecule has 0 unspecified atom stereocenters. The molecule has 0 aliphatic carbocycles. The van der Waals surface area contributed by atoms with E-state index in [1.165, 1.54) is 11.3 Å². The number of rotatable bonds is 2. The Labute approximate surface area is 73.8 Å². The molecule has 2 heterocycles. The number of nitrogens with zero attached hydrogens (tertiary/aromatic N) is 1. The van der Waals surface area contributed by atoms with E-state index in [0.717, 1.165) is 5.69 Å². The Bertz CT molecular complexity index is 257. The predicted octanol–water partition coefficient (Wildman–Crippen LogP) is 0.681. The summed E-state index contributed by atoms with van der Waals surface area (Å²) in [6.07, 6.45) is -0.318. The van der Waals surface area contributed by atoms with E-state index in [1.807, 2.05) is 5.38 Å². The minimum absolute atomic E-state index is 0.0165. The minimum atomic E-state index is -0.318. The summed E-state index contributed by atoms with van der Waals surface area (Å²) in [6.45, 7) is 1.23. The predicted molar refractivity (Wildman–Crippen MR) is 42.7 cm³/mol. The van der Waals surface area contributed by atoms with E-state index in [9.17, 15) is 0 Å². The Balaban J connectivity index is 2.11. The fourth-order valence-electron chi connectivity index (χ4n) is 1.04. The van der Waals surface area contributed by atoms with Crippen molar-refractivity contribution in [2.45, 2.75) is 12.9 Å². The maximum absolute atomic E-state index is 8.76. The number of ether oxygens (including phenoxy) is 2. The lowest BCUT2D eigenvalue weighted by atomic mass is 10.5. The van der Waals surface area contributed by atoms with Crippen LogP contribution < -0.4 is 0 Å². The molecule has 0 spiro atoms. The Hall–Kier alpha value is -0.490. The van der Waals surface area contributed by atoms with Crippen LogP contribution in [0.4, 0.5) is 0 Å².